The number of para-hydroxylation sites is 2. The Balaban J connectivity index is 1.81. The van der Waals surface area contributed by atoms with E-state index in [1.54, 1.807) is 34.1 Å². The molecule has 0 fully saturated rings. The van der Waals surface area contributed by atoms with Gasteiger partial charge < -0.3 is 9.72 Å². The van der Waals surface area contributed by atoms with Gasteiger partial charge in [0, 0.05) is 6.20 Å². The van der Waals surface area contributed by atoms with Crippen molar-refractivity contribution in [3.05, 3.63) is 60.7 Å². The largest absolute Gasteiger partial charge is 0.322 e. The number of nitrogens with zero attached hydrogens (tertiary/aromatic N) is 3. The van der Waals surface area contributed by atoms with Gasteiger partial charge >= 0.3 is 0 Å². The number of rotatable bonds is 3. The lowest BCUT2D eigenvalue weighted by Crippen LogP contribution is -2.51. The summed E-state index contributed by atoms with van der Waals surface area (Å²) in [5.74, 6) is -0.325. The number of imidazole rings is 1. The van der Waals surface area contributed by atoms with Gasteiger partial charge in [0.25, 0.3) is 5.91 Å². The highest BCUT2D eigenvalue weighted by Gasteiger charge is 2.36. The number of carbonyl (C=O) groups is 2. The highest BCUT2D eigenvalue weighted by Crippen LogP contribution is 2.34. The van der Waals surface area contributed by atoms with Gasteiger partial charge in [-0.2, -0.15) is 0 Å². The van der Waals surface area contributed by atoms with Gasteiger partial charge in [-0.15, -0.1) is 0 Å². The molecule has 126 valence electrons. The van der Waals surface area contributed by atoms with E-state index < -0.39 is 6.04 Å². The van der Waals surface area contributed by atoms with Crippen molar-refractivity contribution >= 4 is 28.7 Å². The zero-order chi connectivity index (χ0) is 17.4. The van der Waals surface area contributed by atoms with Crippen molar-refractivity contribution in [1.29, 1.82) is 0 Å². The Morgan fingerprint density at radius 2 is 2.08 bits per heavy atom. The molecule has 0 radical (unpaired) electrons. The molecule has 0 aliphatic carbocycles. The summed E-state index contributed by atoms with van der Waals surface area (Å²) >= 11 is 0. The van der Waals surface area contributed by atoms with E-state index in [0.29, 0.717) is 17.7 Å². The van der Waals surface area contributed by atoms with E-state index >= 15 is 0 Å². The summed E-state index contributed by atoms with van der Waals surface area (Å²) in [5, 5.41) is 2.91. The lowest BCUT2D eigenvalue weighted by atomic mass is 10.0. The van der Waals surface area contributed by atoms with Crippen LogP contribution in [0.3, 0.4) is 0 Å². The smallest absolute Gasteiger partial charge is 0.260 e. The minimum atomic E-state index is -0.508. The molecular formula is C19H18N4O2. The van der Waals surface area contributed by atoms with Crippen LogP contribution in [0.5, 0.6) is 0 Å². The maximum absolute atomic E-state index is 13.3. The highest BCUT2D eigenvalue weighted by molar-refractivity contribution is 6.16. The molecular weight excluding hydrogens is 316 g/mol. The van der Waals surface area contributed by atoms with Crippen molar-refractivity contribution in [2.75, 3.05) is 10.2 Å². The van der Waals surface area contributed by atoms with Crippen LogP contribution in [0.2, 0.25) is 0 Å². The molecule has 0 saturated carbocycles. The maximum atomic E-state index is 13.3. The Morgan fingerprint density at radius 3 is 2.92 bits per heavy atom. The topological polar surface area (TPSA) is 66.7 Å². The van der Waals surface area contributed by atoms with Crippen molar-refractivity contribution in [1.82, 2.24) is 9.38 Å². The second-order valence-corrected chi connectivity index (χ2v) is 6.13. The first-order valence-corrected chi connectivity index (χ1v) is 8.34. The number of amides is 2. The van der Waals surface area contributed by atoms with E-state index in [9.17, 15) is 9.59 Å². The van der Waals surface area contributed by atoms with Crippen LogP contribution >= 0.6 is 0 Å². The molecule has 2 aromatic heterocycles. The summed E-state index contributed by atoms with van der Waals surface area (Å²) in [6.07, 6.45) is 6.57. The van der Waals surface area contributed by atoms with Crippen LogP contribution in [0.15, 0.2) is 55.1 Å². The standard InChI is InChI=1S/C19H18N4O2/c1-2-5-17-18(24)21-15-6-3-4-7-16(15)23(17)19(25)13-8-9-14-10-20-12-22(14)11-13/h3-4,6-12,17H,2,5H2,1H3,(H,21,24). The first kappa shape index (κ1) is 15.4. The number of fused-ring (bicyclic) bond motifs is 2. The summed E-state index contributed by atoms with van der Waals surface area (Å²) in [4.78, 5) is 31.5. The number of benzene rings is 1. The molecule has 1 N–H and O–H groups in total. The first-order chi connectivity index (χ1) is 12.2. The van der Waals surface area contributed by atoms with Crippen molar-refractivity contribution in [3.8, 4) is 0 Å². The summed E-state index contributed by atoms with van der Waals surface area (Å²) < 4.78 is 1.80. The van der Waals surface area contributed by atoms with Crippen LogP contribution < -0.4 is 10.2 Å². The first-order valence-electron chi connectivity index (χ1n) is 8.34. The van der Waals surface area contributed by atoms with Crippen LogP contribution in [-0.2, 0) is 4.79 Å². The van der Waals surface area contributed by atoms with Gasteiger partial charge in [0.15, 0.2) is 0 Å². The number of aromatic nitrogens is 2. The predicted octanol–water partition coefficient (Wildman–Crippen LogP) is 3.10. The Bertz CT molecular complexity index is 963. The second-order valence-electron chi connectivity index (χ2n) is 6.13. The molecule has 25 heavy (non-hydrogen) atoms. The predicted molar refractivity (Wildman–Crippen MR) is 95.8 cm³/mol. The zero-order valence-corrected chi connectivity index (χ0v) is 13.8. The average molecular weight is 334 g/mol. The van der Waals surface area contributed by atoms with E-state index in [0.717, 1.165) is 17.6 Å². The van der Waals surface area contributed by atoms with Crippen molar-refractivity contribution in [2.45, 2.75) is 25.8 Å². The second kappa shape index (κ2) is 6.05. The number of hydrogen-bond acceptors (Lipinski definition) is 3. The summed E-state index contributed by atoms with van der Waals surface area (Å²) in [5.41, 5.74) is 2.84. The van der Waals surface area contributed by atoms with Crippen LogP contribution in [0.4, 0.5) is 11.4 Å². The third-order valence-corrected chi connectivity index (χ3v) is 4.47. The number of carbonyl (C=O) groups excluding carboxylic acids is 2. The summed E-state index contributed by atoms with van der Waals surface area (Å²) in [7, 11) is 0. The van der Waals surface area contributed by atoms with Gasteiger partial charge in [0.1, 0.15) is 6.04 Å². The molecule has 1 aliphatic rings. The van der Waals surface area contributed by atoms with Crippen molar-refractivity contribution in [3.63, 3.8) is 0 Å². The van der Waals surface area contributed by atoms with Crippen molar-refractivity contribution < 1.29 is 9.59 Å². The highest BCUT2D eigenvalue weighted by atomic mass is 16.2. The number of hydrogen-bond donors (Lipinski definition) is 1. The van der Waals surface area contributed by atoms with Crippen molar-refractivity contribution in [2.24, 2.45) is 0 Å². The Hall–Kier alpha value is -3.15. The molecule has 0 bridgehead atoms. The molecule has 4 rings (SSSR count). The lowest BCUT2D eigenvalue weighted by Gasteiger charge is -2.36. The monoisotopic (exact) mass is 334 g/mol. The van der Waals surface area contributed by atoms with E-state index in [1.165, 1.54) is 0 Å². The van der Waals surface area contributed by atoms with Gasteiger partial charge in [0.2, 0.25) is 5.91 Å². The Morgan fingerprint density at radius 1 is 1.24 bits per heavy atom. The minimum absolute atomic E-state index is 0.141. The molecule has 3 heterocycles. The van der Waals surface area contributed by atoms with Crippen LogP contribution in [0.1, 0.15) is 30.1 Å². The molecule has 1 atom stereocenters. The Kier molecular flexibility index (Phi) is 3.72. The molecule has 6 heteroatoms. The molecule has 6 nitrogen and oxygen atoms in total. The van der Waals surface area contributed by atoms with Gasteiger partial charge in [-0.25, -0.2) is 4.98 Å². The molecule has 0 saturated heterocycles. The normalized spacial score (nSPS) is 16.6. The quantitative estimate of drug-likeness (QED) is 0.800. The van der Waals surface area contributed by atoms with Gasteiger partial charge in [-0.3, -0.25) is 14.5 Å². The van der Waals surface area contributed by atoms with Crippen LogP contribution in [0, 0.1) is 0 Å². The fourth-order valence-corrected chi connectivity index (χ4v) is 3.26. The molecule has 1 unspecified atom stereocenters. The third-order valence-electron chi connectivity index (χ3n) is 4.47. The van der Waals surface area contributed by atoms with E-state index in [2.05, 4.69) is 10.3 Å². The zero-order valence-electron chi connectivity index (χ0n) is 13.8. The van der Waals surface area contributed by atoms with E-state index in [4.69, 9.17) is 0 Å². The molecule has 3 aromatic rings. The van der Waals surface area contributed by atoms with Gasteiger partial charge in [-0.1, -0.05) is 25.5 Å². The van der Waals surface area contributed by atoms with Gasteiger partial charge in [-0.05, 0) is 30.7 Å². The summed E-state index contributed by atoms with van der Waals surface area (Å²) in [6.45, 7) is 2.01. The van der Waals surface area contributed by atoms with E-state index in [1.807, 2.05) is 37.3 Å². The number of pyridine rings is 1. The molecule has 0 spiro atoms. The minimum Gasteiger partial charge on any atom is -0.322 e. The van der Waals surface area contributed by atoms with Gasteiger partial charge in [0.05, 0.1) is 35.0 Å². The molecule has 1 aliphatic heterocycles. The maximum Gasteiger partial charge on any atom is 0.260 e. The van der Waals surface area contributed by atoms with E-state index in [-0.39, 0.29) is 11.8 Å². The van der Waals surface area contributed by atoms with Crippen LogP contribution in [0.25, 0.3) is 5.52 Å². The number of anilines is 2. The molecule has 2 amide bonds. The fourth-order valence-electron chi connectivity index (χ4n) is 3.26. The Labute approximate surface area is 145 Å². The third kappa shape index (κ3) is 2.55. The van der Waals surface area contributed by atoms with Crippen LogP contribution in [-0.4, -0.2) is 27.2 Å². The molecule has 1 aromatic carbocycles. The summed E-state index contributed by atoms with van der Waals surface area (Å²) in [6, 6.07) is 10.5. The lowest BCUT2D eigenvalue weighted by molar-refractivity contribution is -0.117. The number of nitrogens with one attached hydrogen (secondary N) is 1. The fraction of sp³-hybridized carbons (Fsp3) is 0.211. The SMILES string of the molecule is CCCC1C(=O)Nc2ccccc2N1C(=O)c1ccc2cncn2c1. The average Bonchev–Trinajstić information content (AvgIpc) is 3.09.